The third-order valence-electron chi connectivity index (χ3n) is 5.44. The summed E-state index contributed by atoms with van der Waals surface area (Å²) >= 11 is 0. The molecule has 0 bridgehead atoms. The number of para-hydroxylation sites is 2. The highest BCUT2D eigenvalue weighted by Gasteiger charge is 2.32. The molecule has 0 aliphatic carbocycles. The van der Waals surface area contributed by atoms with Crippen LogP contribution in [0, 0.1) is 22.0 Å². The van der Waals surface area contributed by atoms with Gasteiger partial charge in [-0.15, -0.1) is 0 Å². The van der Waals surface area contributed by atoms with Crippen LogP contribution in [-0.2, 0) is 0 Å². The van der Waals surface area contributed by atoms with Crippen molar-refractivity contribution in [2.24, 2.45) is 11.8 Å². The van der Waals surface area contributed by atoms with Crippen LogP contribution in [0.1, 0.15) is 23.3 Å². The molecule has 0 radical (unpaired) electrons. The van der Waals surface area contributed by atoms with Crippen molar-refractivity contribution in [1.82, 2.24) is 20.0 Å². The van der Waals surface area contributed by atoms with Crippen molar-refractivity contribution >= 4 is 11.6 Å². The van der Waals surface area contributed by atoms with Crippen LogP contribution in [0.25, 0.3) is 5.69 Å². The van der Waals surface area contributed by atoms with Crippen LogP contribution in [0.3, 0.4) is 0 Å². The Morgan fingerprint density at radius 1 is 1.15 bits per heavy atom. The monoisotopic (exact) mass is 355 g/mol. The lowest BCUT2D eigenvalue weighted by Gasteiger charge is -2.19. The Hall–Kier alpha value is -2.74. The molecule has 2 aliphatic heterocycles. The fraction of sp³-hybridized carbons (Fsp3) is 0.444. The number of benzene rings is 1. The minimum atomic E-state index is -0.444. The Labute approximate surface area is 150 Å². The summed E-state index contributed by atoms with van der Waals surface area (Å²) in [6.07, 6.45) is 3.62. The van der Waals surface area contributed by atoms with E-state index in [2.05, 4.69) is 10.4 Å². The predicted octanol–water partition coefficient (Wildman–Crippen LogP) is 1.85. The average Bonchev–Trinajstić information content (AvgIpc) is 3.27. The number of amides is 1. The molecule has 2 aliphatic rings. The first-order chi connectivity index (χ1) is 12.6. The lowest BCUT2D eigenvalue weighted by Crippen LogP contribution is -2.33. The highest BCUT2D eigenvalue weighted by molar-refractivity contribution is 5.92. The Morgan fingerprint density at radius 2 is 1.85 bits per heavy atom. The molecule has 26 heavy (non-hydrogen) atoms. The van der Waals surface area contributed by atoms with Crippen LogP contribution >= 0.6 is 0 Å². The smallest absolute Gasteiger partial charge is 0.294 e. The molecular weight excluding hydrogens is 334 g/mol. The number of fused-ring (bicyclic) bond motifs is 1. The fourth-order valence-corrected chi connectivity index (χ4v) is 3.97. The van der Waals surface area contributed by atoms with Crippen molar-refractivity contribution in [2.45, 2.75) is 12.8 Å². The molecule has 1 N–H and O–H groups in total. The summed E-state index contributed by atoms with van der Waals surface area (Å²) in [7, 11) is 0. The van der Waals surface area contributed by atoms with Gasteiger partial charge in [-0.05, 0) is 49.9 Å². The van der Waals surface area contributed by atoms with Crippen LogP contribution in [0.4, 0.5) is 5.69 Å². The lowest BCUT2D eigenvalue weighted by atomic mass is 9.92. The van der Waals surface area contributed by atoms with E-state index in [0.717, 1.165) is 39.0 Å². The molecule has 0 spiro atoms. The van der Waals surface area contributed by atoms with Gasteiger partial charge < -0.3 is 10.2 Å². The maximum absolute atomic E-state index is 12.8. The SMILES string of the molecule is O=C(c1ccn(-c2ccccc2[N+](=O)[O-])n1)N1CC[C@@H]2CNC[C@@H]2CC1. The molecule has 8 nitrogen and oxygen atoms in total. The largest absolute Gasteiger partial charge is 0.337 e. The molecule has 0 unspecified atom stereocenters. The molecule has 136 valence electrons. The van der Waals surface area contributed by atoms with E-state index in [1.54, 1.807) is 30.5 Å². The zero-order valence-electron chi connectivity index (χ0n) is 14.4. The summed E-state index contributed by atoms with van der Waals surface area (Å²) in [6, 6.07) is 8.01. The number of nitrogens with one attached hydrogen (secondary N) is 1. The van der Waals surface area contributed by atoms with Gasteiger partial charge in [0, 0.05) is 25.4 Å². The minimum absolute atomic E-state index is 0.0373. The molecule has 2 fully saturated rings. The van der Waals surface area contributed by atoms with E-state index in [9.17, 15) is 14.9 Å². The van der Waals surface area contributed by atoms with E-state index in [1.807, 2.05) is 4.90 Å². The number of nitro benzene ring substituents is 1. The number of likely N-dealkylation sites (tertiary alicyclic amines) is 1. The molecule has 3 heterocycles. The lowest BCUT2D eigenvalue weighted by molar-refractivity contribution is -0.384. The number of hydrogen-bond donors (Lipinski definition) is 1. The zero-order chi connectivity index (χ0) is 18.1. The molecule has 1 aromatic heterocycles. The summed E-state index contributed by atoms with van der Waals surface area (Å²) in [4.78, 5) is 25.5. The van der Waals surface area contributed by atoms with Crippen molar-refractivity contribution in [1.29, 1.82) is 0 Å². The zero-order valence-corrected chi connectivity index (χ0v) is 14.4. The van der Waals surface area contributed by atoms with Gasteiger partial charge in [0.05, 0.1) is 4.92 Å². The Bertz CT molecular complexity index is 820. The Morgan fingerprint density at radius 3 is 2.54 bits per heavy atom. The normalized spacial score (nSPS) is 22.7. The van der Waals surface area contributed by atoms with Crippen molar-refractivity contribution in [3.05, 3.63) is 52.3 Å². The van der Waals surface area contributed by atoms with E-state index in [0.29, 0.717) is 23.2 Å². The molecular formula is C18H21N5O3. The third-order valence-corrected chi connectivity index (χ3v) is 5.44. The first kappa shape index (κ1) is 16.7. The molecule has 2 atom stereocenters. The van der Waals surface area contributed by atoms with Crippen molar-refractivity contribution in [3.63, 3.8) is 0 Å². The molecule has 1 aromatic carbocycles. The van der Waals surface area contributed by atoms with E-state index in [4.69, 9.17) is 0 Å². The standard InChI is InChI=1S/C18H21N5O3/c24-18(21-8-5-13-11-19-12-14(13)6-9-21)15-7-10-22(20-15)16-3-1-2-4-17(16)23(25)26/h1-4,7,10,13-14,19H,5-6,8-9,11-12H2/t13-,14+. The second kappa shape index (κ2) is 6.87. The second-order valence-corrected chi connectivity index (χ2v) is 6.94. The molecule has 1 amide bonds. The maximum atomic E-state index is 12.8. The molecule has 8 heteroatoms. The third kappa shape index (κ3) is 3.08. The Kier molecular flexibility index (Phi) is 4.42. The first-order valence-corrected chi connectivity index (χ1v) is 8.93. The van der Waals surface area contributed by atoms with Gasteiger partial charge in [0.2, 0.25) is 0 Å². The summed E-state index contributed by atoms with van der Waals surface area (Å²) in [5.41, 5.74) is 0.644. The fourth-order valence-electron chi connectivity index (χ4n) is 3.97. The van der Waals surface area contributed by atoms with Gasteiger partial charge in [-0.2, -0.15) is 5.10 Å². The summed E-state index contributed by atoms with van der Waals surface area (Å²) < 4.78 is 1.40. The van der Waals surface area contributed by atoms with Gasteiger partial charge in [-0.25, -0.2) is 4.68 Å². The van der Waals surface area contributed by atoms with E-state index in [-0.39, 0.29) is 11.6 Å². The highest BCUT2D eigenvalue weighted by Crippen LogP contribution is 2.28. The van der Waals surface area contributed by atoms with Crippen molar-refractivity contribution < 1.29 is 9.72 Å². The summed E-state index contributed by atoms with van der Waals surface area (Å²) in [6.45, 7) is 3.55. The van der Waals surface area contributed by atoms with Crippen molar-refractivity contribution in [3.8, 4) is 5.69 Å². The summed E-state index contributed by atoms with van der Waals surface area (Å²) in [5.74, 6) is 1.20. The van der Waals surface area contributed by atoms with Gasteiger partial charge in [0.25, 0.3) is 11.6 Å². The predicted molar refractivity (Wildman–Crippen MR) is 95.2 cm³/mol. The van der Waals surface area contributed by atoms with Crippen LogP contribution < -0.4 is 5.32 Å². The average molecular weight is 355 g/mol. The summed E-state index contributed by atoms with van der Waals surface area (Å²) in [5, 5.41) is 18.9. The number of carbonyl (C=O) groups is 1. The van der Waals surface area contributed by atoms with Crippen LogP contribution in [-0.4, -0.2) is 51.7 Å². The van der Waals surface area contributed by atoms with E-state index >= 15 is 0 Å². The van der Waals surface area contributed by atoms with Gasteiger partial charge in [-0.3, -0.25) is 14.9 Å². The number of rotatable bonds is 3. The number of carbonyl (C=O) groups excluding carboxylic acids is 1. The molecule has 2 aromatic rings. The first-order valence-electron chi connectivity index (χ1n) is 8.93. The van der Waals surface area contributed by atoms with Gasteiger partial charge in [0.1, 0.15) is 5.69 Å². The number of hydrogen-bond acceptors (Lipinski definition) is 5. The van der Waals surface area contributed by atoms with Gasteiger partial charge in [-0.1, -0.05) is 12.1 Å². The van der Waals surface area contributed by atoms with Crippen LogP contribution in [0.2, 0.25) is 0 Å². The minimum Gasteiger partial charge on any atom is -0.337 e. The number of aromatic nitrogens is 2. The topological polar surface area (TPSA) is 93.3 Å². The Balaban J connectivity index is 1.53. The van der Waals surface area contributed by atoms with E-state index < -0.39 is 4.92 Å². The van der Waals surface area contributed by atoms with Crippen molar-refractivity contribution in [2.75, 3.05) is 26.2 Å². The van der Waals surface area contributed by atoms with Gasteiger partial charge in [0.15, 0.2) is 5.69 Å². The number of nitro groups is 1. The molecule has 0 saturated carbocycles. The number of nitrogens with zero attached hydrogens (tertiary/aromatic N) is 4. The van der Waals surface area contributed by atoms with Gasteiger partial charge >= 0.3 is 0 Å². The van der Waals surface area contributed by atoms with Crippen LogP contribution in [0.15, 0.2) is 36.5 Å². The highest BCUT2D eigenvalue weighted by atomic mass is 16.6. The van der Waals surface area contributed by atoms with E-state index in [1.165, 1.54) is 10.7 Å². The second-order valence-electron chi connectivity index (χ2n) is 6.94. The molecule has 4 rings (SSSR count). The molecule has 2 saturated heterocycles. The van der Waals surface area contributed by atoms with Crippen LogP contribution in [0.5, 0.6) is 0 Å². The quantitative estimate of drug-likeness (QED) is 0.670. The maximum Gasteiger partial charge on any atom is 0.294 e.